The number of ketones is 1. The largest absolute Gasteiger partial charge is 0.395 e. The van der Waals surface area contributed by atoms with E-state index in [9.17, 15) is 4.79 Å². The van der Waals surface area contributed by atoms with E-state index in [1.807, 2.05) is 0 Å². The van der Waals surface area contributed by atoms with Gasteiger partial charge in [-0.2, -0.15) is 0 Å². The Labute approximate surface area is 98.8 Å². The predicted octanol–water partition coefficient (Wildman–Crippen LogP) is 1.84. The Hall–Kier alpha value is -0.410. The van der Waals surface area contributed by atoms with Gasteiger partial charge >= 0.3 is 0 Å². The lowest BCUT2D eigenvalue weighted by Crippen LogP contribution is -2.37. The predicted molar refractivity (Wildman–Crippen MR) is 65.4 cm³/mol. The van der Waals surface area contributed by atoms with Crippen LogP contribution in [0, 0.1) is 5.92 Å². The minimum atomic E-state index is 0.199. The first-order valence-electron chi connectivity index (χ1n) is 6.63. The number of carbonyl (C=O) groups is 1. The summed E-state index contributed by atoms with van der Waals surface area (Å²) in [4.78, 5) is 14.0. The highest BCUT2D eigenvalue weighted by Gasteiger charge is 2.23. The molecule has 16 heavy (non-hydrogen) atoms. The van der Waals surface area contributed by atoms with E-state index >= 15 is 0 Å². The van der Waals surface area contributed by atoms with Gasteiger partial charge < -0.3 is 10.0 Å². The first kappa shape index (κ1) is 13.7. The van der Waals surface area contributed by atoms with Crippen LogP contribution < -0.4 is 0 Å². The van der Waals surface area contributed by atoms with E-state index in [-0.39, 0.29) is 12.5 Å². The number of carbonyl (C=O) groups excluding carboxylic acids is 1. The molecule has 1 rings (SSSR count). The number of Topliss-reactive ketones (excluding diaryl/α,β-unsaturated/α-hetero) is 1. The molecule has 3 heteroatoms. The minimum Gasteiger partial charge on any atom is -0.395 e. The summed E-state index contributed by atoms with van der Waals surface area (Å²) in [5.41, 5.74) is 0. The zero-order valence-corrected chi connectivity index (χ0v) is 10.5. The molecule has 1 fully saturated rings. The van der Waals surface area contributed by atoms with Gasteiger partial charge in [-0.15, -0.1) is 0 Å². The fraction of sp³-hybridized carbons (Fsp3) is 0.923. The van der Waals surface area contributed by atoms with E-state index in [2.05, 4.69) is 11.8 Å². The molecule has 1 aliphatic rings. The molecule has 0 heterocycles. The molecule has 1 saturated carbocycles. The zero-order valence-electron chi connectivity index (χ0n) is 10.5. The maximum absolute atomic E-state index is 11.7. The highest BCUT2D eigenvalue weighted by Crippen LogP contribution is 2.21. The Kier molecular flexibility index (Phi) is 6.65. The van der Waals surface area contributed by atoms with E-state index in [0.717, 1.165) is 38.8 Å². The molecule has 1 aliphatic carbocycles. The number of aliphatic hydroxyl groups is 1. The first-order chi connectivity index (χ1) is 7.77. The SMILES string of the molecule is CCCCN(CCO)CC1CCCCC1=O. The Morgan fingerprint density at radius 2 is 2.19 bits per heavy atom. The van der Waals surface area contributed by atoms with Crippen LogP contribution in [0.4, 0.5) is 0 Å². The quantitative estimate of drug-likeness (QED) is 0.721. The van der Waals surface area contributed by atoms with Gasteiger partial charge in [-0.1, -0.05) is 19.8 Å². The molecule has 0 amide bonds. The molecule has 3 nitrogen and oxygen atoms in total. The smallest absolute Gasteiger partial charge is 0.137 e. The topological polar surface area (TPSA) is 40.5 Å². The summed E-state index contributed by atoms with van der Waals surface area (Å²) >= 11 is 0. The fourth-order valence-corrected chi connectivity index (χ4v) is 2.38. The lowest BCUT2D eigenvalue weighted by molar-refractivity contribution is -0.125. The van der Waals surface area contributed by atoms with Crippen molar-refractivity contribution in [2.24, 2.45) is 5.92 Å². The lowest BCUT2D eigenvalue weighted by atomic mass is 9.87. The molecule has 0 aliphatic heterocycles. The standard InChI is InChI=1S/C13H25NO2/c1-2-3-8-14(9-10-15)11-12-6-4-5-7-13(12)16/h12,15H,2-11H2,1H3. The van der Waals surface area contributed by atoms with Crippen molar-refractivity contribution in [1.29, 1.82) is 0 Å². The Morgan fingerprint density at radius 1 is 1.38 bits per heavy atom. The average molecular weight is 227 g/mol. The number of aliphatic hydroxyl groups excluding tert-OH is 1. The van der Waals surface area contributed by atoms with Gasteiger partial charge in [0.1, 0.15) is 5.78 Å². The van der Waals surface area contributed by atoms with Crippen LogP contribution in [-0.2, 0) is 4.79 Å². The monoisotopic (exact) mass is 227 g/mol. The molecule has 0 saturated heterocycles. The Bertz CT molecular complexity index is 206. The van der Waals surface area contributed by atoms with Crippen molar-refractivity contribution in [3.63, 3.8) is 0 Å². The number of unbranched alkanes of at least 4 members (excludes halogenated alkanes) is 1. The van der Waals surface area contributed by atoms with Gasteiger partial charge in [0, 0.05) is 25.4 Å². The van der Waals surface area contributed by atoms with Crippen LogP contribution >= 0.6 is 0 Å². The molecule has 0 aromatic carbocycles. The highest BCUT2D eigenvalue weighted by molar-refractivity contribution is 5.81. The zero-order chi connectivity index (χ0) is 11.8. The van der Waals surface area contributed by atoms with Crippen molar-refractivity contribution in [1.82, 2.24) is 4.90 Å². The van der Waals surface area contributed by atoms with Gasteiger partial charge in [-0.05, 0) is 25.8 Å². The molecule has 1 unspecified atom stereocenters. The summed E-state index contributed by atoms with van der Waals surface area (Å²) in [5, 5.41) is 9.00. The molecule has 1 atom stereocenters. The summed E-state index contributed by atoms with van der Waals surface area (Å²) < 4.78 is 0. The maximum Gasteiger partial charge on any atom is 0.137 e. The van der Waals surface area contributed by atoms with Crippen LogP contribution in [0.5, 0.6) is 0 Å². The second-order valence-electron chi connectivity index (χ2n) is 4.79. The van der Waals surface area contributed by atoms with E-state index in [4.69, 9.17) is 5.11 Å². The second-order valence-corrected chi connectivity index (χ2v) is 4.79. The molecule has 0 spiro atoms. The van der Waals surface area contributed by atoms with Gasteiger partial charge in [-0.3, -0.25) is 4.79 Å². The normalized spacial score (nSPS) is 21.7. The van der Waals surface area contributed by atoms with Crippen molar-refractivity contribution in [2.45, 2.75) is 45.4 Å². The Balaban J connectivity index is 2.36. The van der Waals surface area contributed by atoms with E-state index in [1.54, 1.807) is 0 Å². The van der Waals surface area contributed by atoms with Gasteiger partial charge in [0.2, 0.25) is 0 Å². The van der Waals surface area contributed by atoms with Crippen molar-refractivity contribution < 1.29 is 9.90 Å². The third kappa shape index (κ3) is 4.62. The lowest BCUT2D eigenvalue weighted by Gasteiger charge is -2.28. The summed E-state index contributed by atoms with van der Waals surface area (Å²) in [5.74, 6) is 0.669. The van der Waals surface area contributed by atoms with Crippen LogP contribution in [0.15, 0.2) is 0 Å². The van der Waals surface area contributed by atoms with Crippen molar-refractivity contribution in [3.8, 4) is 0 Å². The van der Waals surface area contributed by atoms with Gasteiger partial charge in [0.25, 0.3) is 0 Å². The summed E-state index contributed by atoms with van der Waals surface area (Å²) in [6, 6.07) is 0. The van der Waals surface area contributed by atoms with Crippen molar-refractivity contribution in [3.05, 3.63) is 0 Å². The molecule has 0 aromatic rings. The third-order valence-corrected chi connectivity index (χ3v) is 3.40. The van der Waals surface area contributed by atoms with Gasteiger partial charge in [0.05, 0.1) is 6.61 Å². The number of rotatable bonds is 7. The molecule has 1 N–H and O–H groups in total. The van der Waals surface area contributed by atoms with Crippen LogP contribution in [0.3, 0.4) is 0 Å². The Morgan fingerprint density at radius 3 is 2.81 bits per heavy atom. The fourth-order valence-electron chi connectivity index (χ4n) is 2.38. The van der Waals surface area contributed by atoms with Crippen LogP contribution in [0.25, 0.3) is 0 Å². The van der Waals surface area contributed by atoms with Gasteiger partial charge in [-0.25, -0.2) is 0 Å². The molecular formula is C13H25NO2. The van der Waals surface area contributed by atoms with Crippen LogP contribution in [0.1, 0.15) is 45.4 Å². The van der Waals surface area contributed by atoms with Crippen molar-refractivity contribution >= 4 is 5.78 Å². The summed E-state index contributed by atoms with van der Waals surface area (Å²) in [6.45, 7) is 4.96. The maximum atomic E-state index is 11.7. The second kappa shape index (κ2) is 7.80. The molecular weight excluding hydrogens is 202 g/mol. The molecule has 0 radical (unpaired) electrons. The summed E-state index contributed by atoms with van der Waals surface area (Å²) in [7, 11) is 0. The van der Waals surface area contributed by atoms with Crippen LogP contribution in [-0.4, -0.2) is 42.0 Å². The van der Waals surface area contributed by atoms with E-state index < -0.39 is 0 Å². The third-order valence-electron chi connectivity index (χ3n) is 3.40. The number of nitrogens with zero attached hydrogens (tertiary/aromatic N) is 1. The van der Waals surface area contributed by atoms with Crippen LogP contribution in [0.2, 0.25) is 0 Å². The van der Waals surface area contributed by atoms with Gasteiger partial charge in [0.15, 0.2) is 0 Å². The minimum absolute atomic E-state index is 0.199. The average Bonchev–Trinajstić information content (AvgIpc) is 2.29. The molecule has 0 aromatic heterocycles. The molecule has 94 valence electrons. The highest BCUT2D eigenvalue weighted by atomic mass is 16.3. The van der Waals surface area contributed by atoms with E-state index in [1.165, 1.54) is 12.8 Å². The van der Waals surface area contributed by atoms with E-state index in [0.29, 0.717) is 12.3 Å². The number of hydrogen-bond acceptors (Lipinski definition) is 3. The first-order valence-corrected chi connectivity index (χ1v) is 6.63. The molecule has 0 bridgehead atoms. The van der Waals surface area contributed by atoms with Crippen molar-refractivity contribution in [2.75, 3.05) is 26.2 Å². The number of hydrogen-bond donors (Lipinski definition) is 1. The summed E-state index contributed by atoms with van der Waals surface area (Å²) in [6.07, 6.45) is 6.40.